The lowest BCUT2D eigenvalue weighted by Crippen LogP contribution is -2.36. The first-order chi connectivity index (χ1) is 16.1. The van der Waals surface area contributed by atoms with E-state index < -0.39 is 5.97 Å². The van der Waals surface area contributed by atoms with Crippen molar-refractivity contribution in [2.24, 2.45) is 4.99 Å². The second kappa shape index (κ2) is 11.2. The molecule has 0 unspecified atom stereocenters. The highest BCUT2D eigenvalue weighted by atomic mass is 32.1. The third-order valence-corrected chi connectivity index (χ3v) is 6.26. The second-order valence-corrected chi connectivity index (χ2v) is 8.55. The zero-order chi connectivity index (χ0) is 23.0. The maximum Gasteiger partial charge on any atom is 0.317 e. The molecule has 2 heterocycles. The van der Waals surface area contributed by atoms with Crippen molar-refractivity contribution < 1.29 is 19.0 Å². The highest BCUT2D eigenvalue weighted by Gasteiger charge is 2.13. The first-order valence-electron chi connectivity index (χ1n) is 10.9. The third kappa shape index (κ3) is 6.28. The van der Waals surface area contributed by atoms with Gasteiger partial charge >= 0.3 is 5.97 Å². The summed E-state index contributed by atoms with van der Waals surface area (Å²) < 4.78 is 20.9. The van der Waals surface area contributed by atoms with Gasteiger partial charge in [0.2, 0.25) is 0 Å². The van der Waals surface area contributed by atoms with Crippen LogP contribution in [0.25, 0.3) is 11.3 Å². The van der Waals surface area contributed by atoms with E-state index in [9.17, 15) is 9.18 Å². The van der Waals surface area contributed by atoms with Crippen LogP contribution in [0.4, 0.5) is 15.8 Å². The van der Waals surface area contributed by atoms with E-state index >= 15 is 0 Å². The van der Waals surface area contributed by atoms with Crippen LogP contribution in [0.5, 0.6) is 0 Å². The number of thiazole rings is 1. The summed E-state index contributed by atoms with van der Waals surface area (Å²) in [5.74, 6) is -1.16. The molecule has 0 spiro atoms. The van der Waals surface area contributed by atoms with E-state index in [0.29, 0.717) is 18.8 Å². The minimum Gasteiger partial charge on any atom is -0.480 e. The topological polar surface area (TPSA) is 79.1 Å². The number of morpholine rings is 1. The Morgan fingerprint density at radius 2 is 1.85 bits per heavy atom. The molecule has 1 saturated heterocycles. The number of carboxylic acids is 1. The molecule has 7 nitrogen and oxygen atoms in total. The first-order valence-corrected chi connectivity index (χ1v) is 11.8. The summed E-state index contributed by atoms with van der Waals surface area (Å²) in [7, 11) is 0. The lowest BCUT2D eigenvalue weighted by atomic mass is 10.1. The maximum atomic E-state index is 13.3. The molecule has 1 aromatic heterocycles. The Balaban J connectivity index is 1.58. The van der Waals surface area contributed by atoms with E-state index in [4.69, 9.17) is 14.8 Å². The summed E-state index contributed by atoms with van der Waals surface area (Å²) in [6.45, 7) is 4.48. The summed E-state index contributed by atoms with van der Waals surface area (Å²) in [5, 5.41) is 13.8. The van der Waals surface area contributed by atoms with Crippen LogP contribution >= 0.6 is 11.3 Å². The van der Waals surface area contributed by atoms with Crippen LogP contribution in [-0.4, -0.2) is 55.0 Å². The largest absolute Gasteiger partial charge is 0.480 e. The molecule has 0 atom stereocenters. The monoisotopic (exact) mass is 470 g/mol. The average molecular weight is 471 g/mol. The van der Waals surface area contributed by atoms with Gasteiger partial charge in [0, 0.05) is 30.7 Å². The molecule has 1 aliphatic rings. The first kappa shape index (κ1) is 23.2. The van der Waals surface area contributed by atoms with Crippen LogP contribution in [0.2, 0.25) is 0 Å². The Morgan fingerprint density at radius 1 is 1.12 bits per heavy atom. The number of carbonyl (C=O) groups is 1. The smallest absolute Gasteiger partial charge is 0.317 e. The van der Waals surface area contributed by atoms with E-state index in [-0.39, 0.29) is 12.4 Å². The zero-order valence-electron chi connectivity index (χ0n) is 18.2. The third-order valence-electron chi connectivity index (χ3n) is 5.40. The molecular weight excluding hydrogens is 443 g/mol. The normalized spacial score (nSPS) is 14.6. The number of rotatable bonds is 9. The summed E-state index contributed by atoms with van der Waals surface area (Å²) in [5.41, 5.74) is 4.00. The quantitative estimate of drug-likeness (QED) is 0.468. The van der Waals surface area contributed by atoms with E-state index in [1.54, 1.807) is 12.1 Å². The van der Waals surface area contributed by atoms with E-state index in [1.165, 1.54) is 29.2 Å². The molecule has 4 rings (SSSR count). The number of benzene rings is 2. The van der Waals surface area contributed by atoms with Crippen LogP contribution in [0.3, 0.4) is 0 Å². The van der Waals surface area contributed by atoms with Gasteiger partial charge < -0.3 is 24.6 Å². The number of hydrogen-bond donors (Lipinski definition) is 2. The van der Waals surface area contributed by atoms with Gasteiger partial charge in [-0.1, -0.05) is 12.1 Å². The molecule has 3 aromatic rings. The molecule has 0 amide bonds. The number of aromatic nitrogens is 1. The summed E-state index contributed by atoms with van der Waals surface area (Å²) in [4.78, 5) is 18.6. The average Bonchev–Trinajstić information content (AvgIpc) is 3.23. The van der Waals surface area contributed by atoms with Crippen molar-refractivity contribution in [3.8, 4) is 11.3 Å². The molecule has 174 valence electrons. The SMILES string of the molecule is O=C(O)CNCCCn1c(-c2ccc(N3CCOCC3)cc2)cs/c1=N/c1ccc(F)cc1. The lowest BCUT2D eigenvalue weighted by molar-refractivity contribution is -0.135. The molecule has 0 aliphatic carbocycles. The van der Waals surface area contributed by atoms with Gasteiger partial charge in [-0.3, -0.25) is 4.79 Å². The molecule has 0 bridgehead atoms. The molecule has 1 aliphatic heterocycles. The minimum atomic E-state index is -0.869. The summed E-state index contributed by atoms with van der Waals surface area (Å²) in [6.07, 6.45) is 0.749. The van der Waals surface area contributed by atoms with Crippen molar-refractivity contribution in [3.63, 3.8) is 0 Å². The van der Waals surface area contributed by atoms with Crippen LogP contribution in [0, 0.1) is 5.82 Å². The Morgan fingerprint density at radius 3 is 2.55 bits per heavy atom. The molecule has 0 saturated carbocycles. The Bertz CT molecular complexity index is 1120. The molecule has 2 N–H and O–H groups in total. The second-order valence-electron chi connectivity index (χ2n) is 7.71. The highest BCUT2D eigenvalue weighted by molar-refractivity contribution is 7.07. The fraction of sp³-hybridized carbons (Fsp3) is 0.333. The lowest BCUT2D eigenvalue weighted by Gasteiger charge is -2.28. The van der Waals surface area contributed by atoms with Crippen LogP contribution in [-0.2, 0) is 16.1 Å². The predicted molar refractivity (Wildman–Crippen MR) is 128 cm³/mol. The van der Waals surface area contributed by atoms with Gasteiger partial charge in [-0.05, 0) is 54.9 Å². The molecule has 2 aromatic carbocycles. The van der Waals surface area contributed by atoms with E-state index in [2.05, 4.69) is 44.4 Å². The van der Waals surface area contributed by atoms with Gasteiger partial charge in [-0.15, -0.1) is 11.3 Å². The Kier molecular flexibility index (Phi) is 7.87. The number of halogens is 1. The molecule has 9 heteroatoms. The van der Waals surface area contributed by atoms with Gasteiger partial charge in [0.05, 0.1) is 31.1 Å². The molecule has 33 heavy (non-hydrogen) atoms. The number of hydrogen-bond acceptors (Lipinski definition) is 6. The fourth-order valence-corrected chi connectivity index (χ4v) is 4.67. The molecule has 1 fully saturated rings. The summed E-state index contributed by atoms with van der Waals surface area (Å²) in [6, 6.07) is 14.6. The Hall–Kier alpha value is -3.01. The number of nitrogens with one attached hydrogen (secondary N) is 1. The van der Waals surface area contributed by atoms with Gasteiger partial charge in [-0.25, -0.2) is 9.38 Å². The predicted octanol–water partition coefficient (Wildman–Crippen LogP) is 3.49. The van der Waals surface area contributed by atoms with Crippen molar-refractivity contribution in [1.82, 2.24) is 9.88 Å². The van der Waals surface area contributed by atoms with Gasteiger partial charge in [0.1, 0.15) is 5.82 Å². The van der Waals surface area contributed by atoms with Crippen molar-refractivity contribution in [2.75, 3.05) is 44.3 Å². The molecular formula is C24H27FN4O3S. The van der Waals surface area contributed by atoms with E-state index in [1.807, 2.05) is 0 Å². The number of carboxylic acid groups (broad SMARTS) is 1. The number of anilines is 1. The van der Waals surface area contributed by atoms with E-state index in [0.717, 1.165) is 48.8 Å². The van der Waals surface area contributed by atoms with Crippen molar-refractivity contribution >= 4 is 28.7 Å². The van der Waals surface area contributed by atoms with Crippen molar-refractivity contribution in [3.05, 3.63) is 64.5 Å². The van der Waals surface area contributed by atoms with Crippen LogP contribution < -0.4 is 15.0 Å². The minimum absolute atomic E-state index is 0.0586. The van der Waals surface area contributed by atoms with Gasteiger partial charge in [0.15, 0.2) is 4.80 Å². The van der Waals surface area contributed by atoms with Gasteiger partial charge in [0.25, 0.3) is 0 Å². The Labute approximate surface area is 195 Å². The van der Waals surface area contributed by atoms with Crippen molar-refractivity contribution in [1.29, 1.82) is 0 Å². The number of nitrogens with zero attached hydrogens (tertiary/aromatic N) is 3. The highest BCUT2D eigenvalue weighted by Crippen LogP contribution is 2.25. The molecule has 0 radical (unpaired) electrons. The standard InChI is InChI=1S/C24H27FN4O3S/c25-19-4-6-20(7-5-19)27-24-29(11-1-10-26-16-23(30)31)22(17-33-24)18-2-8-21(9-3-18)28-12-14-32-15-13-28/h2-9,17,26H,1,10-16H2,(H,30,31)/b27-24+. The van der Waals surface area contributed by atoms with Crippen molar-refractivity contribution in [2.45, 2.75) is 13.0 Å². The van der Waals surface area contributed by atoms with Crippen LogP contribution in [0.1, 0.15) is 6.42 Å². The zero-order valence-corrected chi connectivity index (χ0v) is 19.1. The number of ether oxygens (including phenoxy) is 1. The summed E-state index contributed by atoms with van der Waals surface area (Å²) >= 11 is 1.53. The van der Waals surface area contributed by atoms with Gasteiger partial charge in [-0.2, -0.15) is 0 Å². The maximum absolute atomic E-state index is 13.3. The fourth-order valence-electron chi connectivity index (χ4n) is 3.71. The van der Waals surface area contributed by atoms with Crippen LogP contribution in [0.15, 0.2) is 58.9 Å². The number of aliphatic carboxylic acids is 1.